The first-order chi connectivity index (χ1) is 7.65. The molecule has 1 amide bonds. The van der Waals surface area contributed by atoms with Gasteiger partial charge in [0, 0.05) is 26.4 Å². The summed E-state index contributed by atoms with van der Waals surface area (Å²) < 4.78 is 5.92. The van der Waals surface area contributed by atoms with Crippen LogP contribution in [-0.2, 0) is 4.74 Å². The Morgan fingerprint density at radius 2 is 2.31 bits per heavy atom. The summed E-state index contributed by atoms with van der Waals surface area (Å²) in [5.41, 5.74) is 0.585. The van der Waals surface area contributed by atoms with Gasteiger partial charge in [-0.3, -0.25) is 4.79 Å². The number of ether oxygens (including phenoxy) is 1. The van der Waals surface area contributed by atoms with Gasteiger partial charge in [0.2, 0.25) is 0 Å². The van der Waals surface area contributed by atoms with Crippen LogP contribution in [-0.4, -0.2) is 42.6 Å². The minimum absolute atomic E-state index is 0.0419. The second kappa shape index (κ2) is 6.60. The van der Waals surface area contributed by atoms with E-state index in [4.69, 9.17) is 4.74 Å². The first kappa shape index (κ1) is 13.1. The molecule has 0 spiro atoms. The van der Waals surface area contributed by atoms with E-state index in [9.17, 15) is 4.79 Å². The van der Waals surface area contributed by atoms with E-state index in [0.717, 1.165) is 4.60 Å². The number of pyridine rings is 1. The number of amides is 1. The zero-order valence-electron chi connectivity index (χ0n) is 9.44. The Morgan fingerprint density at radius 3 is 2.88 bits per heavy atom. The second-order valence-corrected chi connectivity index (χ2v) is 4.11. The van der Waals surface area contributed by atoms with Crippen molar-refractivity contribution in [1.29, 1.82) is 0 Å². The van der Waals surface area contributed by atoms with Crippen molar-refractivity contribution in [2.75, 3.05) is 26.8 Å². The van der Waals surface area contributed by atoms with E-state index in [0.29, 0.717) is 25.3 Å². The predicted molar refractivity (Wildman–Crippen MR) is 65.4 cm³/mol. The van der Waals surface area contributed by atoms with Crippen molar-refractivity contribution in [3.8, 4) is 0 Å². The molecule has 0 bridgehead atoms. The van der Waals surface area contributed by atoms with Crippen LogP contribution in [0.4, 0.5) is 0 Å². The maximum atomic E-state index is 11.9. The summed E-state index contributed by atoms with van der Waals surface area (Å²) in [4.78, 5) is 17.5. The first-order valence-electron chi connectivity index (χ1n) is 5.10. The highest BCUT2D eigenvalue weighted by molar-refractivity contribution is 9.10. The molecule has 0 radical (unpaired) electrons. The fraction of sp³-hybridized carbons (Fsp3) is 0.455. The van der Waals surface area contributed by atoms with Crippen LogP contribution in [0.1, 0.15) is 17.3 Å². The van der Waals surface area contributed by atoms with Gasteiger partial charge in [0.15, 0.2) is 0 Å². The van der Waals surface area contributed by atoms with Crippen LogP contribution in [0.25, 0.3) is 0 Å². The molecule has 4 nitrogen and oxygen atoms in total. The molecule has 5 heteroatoms. The molecule has 0 aliphatic carbocycles. The molecule has 1 aromatic heterocycles. The molecular formula is C11H15BrN2O2. The van der Waals surface area contributed by atoms with Crippen LogP contribution in [0, 0.1) is 0 Å². The van der Waals surface area contributed by atoms with Crippen molar-refractivity contribution < 1.29 is 9.53 Å². The molecule has 0 aromatic carbocycles. The smallest absolute Gasteiger partial charge is 0.255 e. The Kier molecular flexibility index (Phi) is 5.42. The zero-order chi connectivity index (χ0) is 12.0. The lowest BCUT2D eigenvalue weighted by Gasteiger charge is -2.16. The standard InChI is InChI=1S/C11H15BrN2O2/c1-3-16-7-6-14(2)11(15)9-4-5-10(12)13-8-9/h4-5,8H,3,6-7H2,1-2H3. The Hall–Kier alpha value is -0.940. The molecule has 0 fully saturated rings. The number of aromatic nitrogens is 1. The molecule has 0 atom stereocenters. The number of carbonyl (C=O) groups excluding carboxylic acids is 1. The Labute approximate surface area is 104 Å². The molecule has 16 heavy (non-hydrogen) atoms. The summed E-state index contributed by atoms with van der Waals surface area (Å²) in [7, 11) is 1.75. The van der Waals surface area contributed by atoms with E-state index in [2.05, 4.69) is 20.9 Å². The average molecular weight is 287 g/mol. The Bertz CT molecular complexity index is 340. The van der Waals surface area contributed by atoms with Gasteiger partial charge in [0.05, 0.1) is 12.2 Å². The van der Waals surface area contributed by atoms with Gasteiger partial charge in [0.1, 0.15) is 4.60 Å². The molecule has 0 N–H and O–H groups in total. The fourth-order valence-corrected chi connectivity index (χ4v) is 1.40. The highest BCUT2D eigenvalue weighted by atomic mass is 79.9. The molecule has 1 aromatic rings. The van der Waals surface area contributed by atoms with E-state index in [-0.39, 0.29) is 5.91 Å². The Morgan fingerprint density at radius 1 is 1.56 bits per heavy atom. The van der Waals surface area contributed by atoms with Crippen LogP contribution in [0.15, 0.2) is 22.9 Å². The van der Waals surface area contributed by atoms with Crippen LogP contribution >= 0.6 is 15.9 Å². The first-order valence-corrected chi connectivity index (χ1v) is 5.89. The fourth-order valence-electron chi connectivity index (χ4n) is 1.17. The molecule has 0 saturated carbocycles. The lowest BCUT2D eigenvalue weighted by atomic mass is 10.2. The third-order valence-electron chi connectivity index (χ3n) is 2.10. The van der Waals surface area contributed by atoms with Crippen molar-refractivity contribution in [1.82, 2.24) is 9.88 Å². The predicted octanol–water partition coefficient (Wildman–Crippen LogP) is 1.95. The summed E-state index contributed by atoms with van der Waals surface area (Å²) >= 11 is 3.23. The quantitative estimate of drug-likeness (QED) is 0.614. The van der Waals surface area contributed by atoms with Crippen molar-refractivity contribution in [2.24, 2.45) is 0 Å². The minimum atomic E-state index is -0.0419. The van der Waals surface area contributed by atoms with Crippen LogP contribution in [0.2, 0.25) is 0 Å². The van der Waals surface area contributed by atoms with Crippen LogP contribution in [0.5, 0.6) is 0 Å². The molecule has 1 heterocycles. The lowest BCUT2D eigenvalue weighted by Crippen LogP contribution is -2.30. The third kappa shape index (κ3) is 3.90. The summed E-state index contributed by atoms with van der Waals surface area (Å²) in [6.07, 6.45) is 1.56. The molecule has 0 aliphatic rings. The molecule has 0 saturated heterocycles. The SMILES string of the molecule is CCOCCN(C)C(=O)c1ccc(Br)nc1. The lowest BCUT2D eigenvalue weighted by molar-refractivity contribution is 0.0709. The highest BCUT2D eigenvalue weighted by Crippen LogP contribution is 2.08. The number of likely N-dealkylation sites (N-methyl/N-ethyl adjacent to an activating group) is 1. The minimum Gasteiger partial charge on any atom is -0.380 e. The number of hydrogen-bond donors (Lipinski definition) is 0. The maximum absolute atomic E-state index is 11.9. The number of nitrogens with zero attached hydrogens (tertiary/aromatic N) is 2. The van der Waals surface area contributed by atoms with E-state index in [1.807, 2.05) is 6.92 Å². The average Bonchev–Trinajstić information content (AvgIpc) is 2.29. The molecule has 0 aliphatic heterocycles. The number of carbonyl (C=O) groups is 1. The van der Waals surface area contributed by atoms with Crippen molar-refractivity contribution in [3.63, 3.8) is 0 Å². The van der Waals surface area contributed by atoms with Gasteiger partial charge in [-0.2, -0.15) is 0 Å². The summed E-state index contributed by atoms with van der Waals surface area (Å²) in [6, 6.07) is 3.50. The molecule has 1 rings (SSSR count). The van der Waals surface area contributed by atoms with Gasteiger partial charge in [-0.1, -0.05) is 0 Å². The van der Waals surface area contributed by atoms with Crippen molar-refractivity contribution in [3.05, 3.63) is 28.5 Å². The van der Waals surface area contributed by atoms with Crippen molar-refractivity contribution >= 4 is 21.8 Å². The number of hydrogen-bond acceptors (Lipinski definition) is 3. The van der Waals surface area contributed by atoms with Gasteiger partial charge in [-0.05, 0) is 35.0 Å². The van der Waals surface area contributed by atoms with Gasteiger partial charge in [-0.15, -0.1) is 0 Å². The molecule has 88 valence electrons. The Balaban J connectivity index is 2.53. The number of rotatable bonds is 5. The molecular weight excluding hydrogens is 272 g/mol. The van der Waals surface area contributed by atoms with Crippen LogP contribution in [0.3, 0.4) is 0 Å². The largest absolute Gasteiger partial charge is 0.380 e. The molecule has 0 unspecified atom stereocenters. The van der Waals surface area contributed by atoms with Crippen molar-refractivity contribution in [2.45, 2.75) is 6.92 Å². The van der Waals surface area contributed by atoms with Gasteiger partial charge >= 0.3 is 0 Å². The monoisotopic (exact) mass is 286 g/mol. The van der Waals surface area contributed by atoms with E-state index in [1.54, 1.807) is 30.3 Å². The highest BCUT2D eigenvalue weighted by Gasteiger charge is 2.11. The summed E-state index contributed by atoms with van der Waals surface area (Å²) in [5.74, 6) is -0.0419. The normalized spacial score (nSPS) is 10.2. The zero-order valence-corrected chi connectivity index (χ0v) is 11.0. The van der Waals surface area contributed by atoms with Gasteiger partial charge in [-0.25, -0.2) is 4.98 Å². The van der Waals surface area contributed by atoms with E-state index < -0.39 is 0 Å². The number of halogens is 1. The van der Waals surface area contributed by atoms with Crippen LogP contribution < -0.4 is 0 Å². The summed E-state index contributed by atoms with van der Waals surface area (Å²) in [5, 5.41) is 0. The van der Waals surface area contributed by atoms with Gasteiger partial charge in [0.25, 0.3) is 5.91 Å². The van der Waals surface area contributed by atoms with Gasteiger partial charge < -0.3 is 9.64 Å². The summed E-state index contributed by atoms with van der Waals surface area (Å²) in [6.45, 7) is 3.74. The topological polar surface area (TPSA) is 42.4 Å². The second-order valence-electron chi connectivity index (χ2n) is 3.29. The van der Waals surface area contributed by atoms with E-state index >= 15 is 0 Å². The maximum Gasteiger partial charge on any atom is 0.255 e. The van der Waals surface area contributed by atoms with E-state index in [1.165, 1.54) is 0 Å². The third-order valence-corrected chi connectivity index (χ3v) is 2.57.